The summed E-state index contributed by atoms with van der Waals surface area (Å²) in [6.07, 6.45) is 16.1. The number of allylic oxidation sites excluding steroid dienone is 2. The molecule has 328 valence electrons. The summed E-state index contributed by atoms with van der Waals surface area (Å²) in [4.78, 5) is 61.7. The molecular weight excluding hydrogens is 777 g/mol. The van der Waals surface area contributed by atoms with Gasteiger partial charge in [-0.25, -0.2) is 9.59 Å². The predicted octanol–water partition coefficient (Wildman–Crippen LogP) is 9.38. The molecule has 4 fully saturated rings. The molecule has 0 aliphatic heterocycles. The molecule has 0 bridgehead atoms. The number of rotatable bonds is 11. The van der Waals surface area contributed by atoms with E-state index in [2.05, 4.69) is 67.0 Å². The normalized spacial score (nSPS) is 35.8. The van der Waals surface area contributed by atoms with Gasteiger partial charge in [-0.15, -0.1) is 0 Å². The summed E-state index contributed by atoms with van der Waals surface area (Å²) >= 11 is 0. The number of H-pyrrole nitrogens is 2. The first-order valence-corrected chi connectivity index (χ1v) is 23.0. The Morgan fingerprint density at radius 2 is 1.31 bits per heavy atom. The summed E-state index contributed by atoms with van der Waals surface area (Å²) in [6.45, 7) is 16.0. The van der Waals surface area contributed by atoms with Crippen molar-refractivity contribution >= 4 is 45.6 Å². The number of carboxylic acid groups (broad SMARTS) is 2. The fraction of sp³-hybridized carbons (Fsp3) is 0.538. The molecule has 0 spiro atoms. The Morgan fingerprint density at radius 1 is 0.726 bits per heavy atom. The van der Waals surface area contributed by atoms with Crippen LogP contribution in [0.25, 0.3) is 21.8 Å². The molecule has 2 aromatic heterocycles. The maximum atomic E-state index is 15.0. The molecule has 2 amide bonds. The van der Waals surface area contributed by atoms with Crippen molar-refractivity contribution in [3.05, 3.63) is 96.4 Å². The van der Waals surface area contributed by atoms with Gasteiger partial charge in [-0.2, -0.15) is 0 Å². The first-order valence-electron chi connectivity index (χ1n) is 23.0. The first-order chi connectivity index (χ1) is 29.5. The Kier molecular flexibility index (Phi) is 10.2. The van der Waals surface area contributed by atoms with E-state index in [1.807, 2.05) is 67.8 Å². The summed E-state index contributed by atoms with van der Waals surface area (Å²) in [5, 5.41) is 29.0. The third kappa shape index (κ3) is 6.23. The van der Waals surface area contributed by atoms with Gasteiger partial charge in [0, 0.05) is 47.0 Å². The topological polar surface area (TPSA) is 164 Å². The number of para-hydroxylation sites is 2. The summed E-state index contributed by atoms with van der Waals surface area (Å²) in [5.74, 6) is -1.62. The monoisotopic (exact) mass is 840 g/mol. The minimum Gasteiger partial charge on any atom is -0.480 e. The number of aliphatic carboxylic acids is 2. The molecule has 0 radical (unpaired) electrons. The summed E-state index contributed by atoms with van der Waals surface area (Å²) in [6, 6.07) is 13.5. The fourth-order valence-corrected chi connectivity index (χ4v) is 15.1. The van der Waals surface area contributed by atoms with Gasteiger partial charge in [-0.3, -0.25) is 9.59 Å². The van der Waals surface area contributed by atoms with E-state index in [-0.39, 0.29) is 64.6 Å². The van der Waals surface area contributed by atoms with Gasteiger partial charge in [0.1, 0.15) is 12.1 Å². The quantitative estimate of drug-likeness (QED) is 0.0825. The van der Waals surface area contributed by atoms with E-state index >= 15 is 0 Å². The Hall–Kier alpha value is -5.12. The van der Waals surface area contributed by atoms with Crippen LogP contribution in [0, 0.1) is 56.7 Å². The number of benzene rings is 2. The van der Waals surface area contributed by atoms with Crippen molar-refractivity contribution < 1.29 is 29.4 Å². The molecule has 6 N–H and O–H groups in total. The van der Waals surface area contributed by atoms with Crippen LogP contribution in [0.2, 0.25) is 0 Å². The molecule has 9 rings (SSSR count). The van der Waals surface area contributed by atoms with E-state index in [0.29, 0.717) is 12.3 Å². The van der Waals surface area contributed by atoms with Gasteiger partial charge in [0.25, 0.3) is 0 Å². The van der Waals surface area contributed by atoms with E-state index in [1.54, 1.807) is 0 Å². The number of hydrogen-bond acceptors (Lipinski definition) is 4. The number of aromatic amines is 2. The molecular formula is C52H64N4O6. The second-order valence-corrected chi connectivity index (χ2v) is 21.1. The minimum atomic E-state index is -1.07. The number of aromatic nitrogens is 2. The van der Waals surface area contributed by atoms with E-state index in [1.165, 1.54) is 0 Å². The average molecular weight is 841 g/mol. The van der Waals surface area contributed by atoms with Gasteiger partial charge in [0.2, 0.25) is 11.8 Å². The number of hydrogen-bond donors (Lipinski definition) is 6. The molecule has 62 heavy (non-hydrogen) atoms. The number of amides is 2. The Labute approximate surface area is 364 Å². The molecule has 10 heteroatoms. The van der Waals surface area contributed by atoms with Crippen LogP contribution in [0.15, 0.2) is 85.2 Å². The number of carbonyl (C=O) groups excluding carboxylic acids is 2. The maximum Gasteiger partial charge on any atom is 0.326 e. The largest absolute Gasteiger partial charge is 0.480 e. The Balaban J connectivity index is 0.973. The molecule has 4 aromatic rings. The summed E-state index contributed by atoms with van der Waals surface area (Å²) in [5.41, 5.74) is 2.77. The average Bonchev–Trinajstić information content (AvgIpc) is 3.96. The van der Waals surface area contributed by atoms with E-state index in [0.717, 1.165) is 89.9 Å². The van der Waals surface area contributed by atoms with Gasteiger partial charge < -0.3 is 30.8 Å². The molecule has 0 unspecified atom stereocenters. The van der Waals surface area contributed by atoms with Crippen LogP contribution in [-0.2, 0) is 32.0 Å². The molecule has 12 atom stereocenters. The highest BCUT2D eigenvalue weighted by molar-refractivity contribution is 5.91. The van der Waals surface area contributed by atoms with Crippen molar-refractivity contribution in [1.29, 1.82) is 0 Å². The molecule has 10 nitrogen and oxygen atoms in total. The molecule has 2 aromatic carbocycles. The highest BCUT2D eigenvalue weighted by atomic mass is 16.4. The standard InChI is InChI=1S/C52H64N4O6/c1-30(2)33-18-23-52(47(62)56-40(45(59)60)27-32-29-54-38-15-10-8-13-35(32)38)25-24-50(5)36(43(33)52)16-17-42-48(3)20-11-21-49(4,41(48)19-22-51(42,50)6)46(61)55-39(44(57)58)26-31-28-53-37-14-9-7-12-34(31)37/h7-15,21,28-29,33,36,39-43,53-54H,1,16-20,22-27H2,2-6H3,(H,55,61)(H,56,62)(H,57,58)(H,59,60)/t33-,36+,39-,40-,41+,42+,43+,48-,49+,50+,51+,52-/m0/s1. The number of carboxylic acids is 2. The SMILES string of the molecule is C=C(C)[C@@H]1CC[C@]2(C(=O)N[C@@H](Cc3c[nH]c4ccccc34)C(=O)O)CC[C@]3(C)[C@H](CC[C@@H]4[C@@]5(C)CC=C[C@@](C)(C(=O)N[C@@H](Cc6c[nH]c7ccccc67)C(=O)O)[C@@H]5CC[C@]43C)[C@@H]12. The van der Waals surface area contributed by atoms with E-state index in [9.17, 15) is 29.4 Å². The van der Waals surface area contributed by atoms with E-state index < -0.39 is 34.9 Å². The van der Waals surface area contributed by atoms with Crippen LogP contribution in [0.3, 0.4) is 0 Å². The van der Waals surface area contributed by atoms with Crippen LogP contribution in [0.5, 0.6) is 0 Å². The lowest BCUT2D eigenvalue weighted by molar-refractivity contribution is -0.226. The van der Waals surface area contributed by atoms with Crippen molar-refractivity contribution in [3.63, 3.8) is 0 Å². The third-order valence-electron chi connectivity index (χ3n) is 18.4. The fourth-order valence-electron chi connectivity index (χ4n) is 15.1. The Bertz CT molecular complexity index is 2500. The van der Waals surface area contributed by atoms with Crippen molar-refractivity contribution in [3.8, 4) is 0 Å². The zero-order valence-electron chi connectivity index (χ0n) is 37.0. The van der Waals surface area contributed by atoms with Gasteiger partial charge in [-0.1, -0.05) is 81.5 Å². The lowest BCUT2D eigenvalue weighted by atomic mass is 9.32. The number of nitrogens with one attached hydrogen (secondary N) is 4. The van der Waals surface area contributed by atoms with Crippen LogP contribution in [-0.4, -0.2) is 56.0 Å². The van der Waals surface area contributed by atoms with Crippen molar-refractivity contribution in [2.45, 2.75) is 117 Å². The van der Waals surface area contributed by atoms with Gasteiger partial charge >= 0.3 is 11.9 Å². The van der Waals surface area contributed by atoms with Gasteiger partial charge in [0.05, 0.1) is 10.8 Å². The zero-order valence-corrected chi connectivity index (χ0v) is 37.0. The van der Waals surface area contributed by atoms with Crippen molar-refractivity contribution in [1.82, 2.24) is 20.6 Å². The summed E-state index contributed by atoms with van der Waals surface area (Å²) < 4.78 is 0. The van der Waals surface area contributed by atoms with Gasteiger partial charge in [-0.05, 0) is 141 Å². The second-order valence-electron chi connectivity index (χ2n) is 21.1. The first kappa shape index (κ1) is 42.2. The third-order valence-corrected chi connectivity index (χ3v) is 18.4. The highest BCUT2D eigenvalue weighted by Gasteiger charge is 2.72. The predicted molar refractivity (Wildman–Crippen MR) is 241 cm³/mol. The Morgan fingerprint density at radius 3 is 1.89 bits per heavy atom. The lowest BCUT2D eigenvalue weighted by Crippen LogP contribution is -2.67. The van der Waals surface area contributed by atoms with Gasteiger partial charge in [0.15, 0.2) is 0 Å². The van der Waals surface area contributed by atoms with Crippen molar-refractivity contribution in [2.75, 3.05) is 0 Å². The summed E-state index contributed by atoms with van der Waals surface area (Å²) in [7, 11) is 0. The van der Waals surface area contributed by atoms with Crippen LogP contribution in [0.4, 0.5) is 0 Å². The maximum absolute atomic E-state index is 15.0. The smallest absolute Gasteiger partial charge is 0.326 e. The van der Waals surface area contributed by atoms with Crippen molar-refractivity contribution in [2.24, 2.45) is 56.7 Å². The minimum absolute atomic E-state index is 0.0222. The van der Waals surface area contributed by atoms with Crippen LogP contribution < -0.4 is 10.6 Å². The van der Waals surface area contributed by atoms with Crippen LogP contribution in [0.1, 0.15) is 104 Å². The second kappa shape index (κ2) is 15.0. The molecule has 2 heterocycles. The molecule has 5 aliphatic rings. The zero-order chi connectivity index (χ0) is 44.0. The molecule has 4 saturated carbocycles. The molecule has 5 aliphatic carbocycles. The van der Waals surface area contributed by atoms with E-state index in [4.69, 9.17) is 0 Å². The number of carbonyl (C=O) groups is 4. The van der Waals surface area contributed by atoms with Crippen LogP contribution >= 0.6 is 0 Å². The highest BCUT2D eigenvalue weighted by Crippen LogP contribution is 2.77. The lowest BCUT2D eigenvalue weighted by Gasteiger charge is -2.72. The number of fused-ring (bicyclic) bond motifs is 9. The molecule has 0 saturated heterocycles.